The van der Waals surface area contributed by atoms with Crippen molar-refractivity contribution in [1.29, 1.82) is 0 Å². The van der Waals surface area contributed by atoms with Gasteiger partial charge in [0.2, 0.25) is 0 Å². The first-order chi connectivity index (χ1) is 14.5. The molecule has 2 atom stereocenters. The van der Waals surface area contributed by atoms with Crippen LogP contribution in [0.25, 0.3) is 0 Å². The molecular weight excluding hydrogens is 466 g/mol. The van der Waals surface area contributed by atoms with Gasteiger partial charge in [-0.05, 0) is 57.9 Å². The van der Waals surface area contributed by atoms with E-state index in [4.69, 9.17) is 4.74 Å². The third-order valence-electron chi connectivity index (χ3n) is 4.75. The van der Waals surface area contributed by atoms with Crippen LogP contribution in [0.3, 0.4) is 0 Å². The minimum atomic E-state index is -1.01. The lowest BCUT2D eigenvalue weighted by Gasteiger charge is -2.28. The second-order valence-electron chi connectivity index (χ2n) is 6.72. The van der Waals surface area contributed by atoms with Crippen molar-refractivity contribution in [2.75, 3.05) is 5.75 Å². The summed E-state index contributed by atoms with van der Waals surface area (Å²) in [5.74, 6) is 0.325. The highest BCUT2D eigenvalue weighted by atomic mass is 79.9. The molecule has 0 aliphatic carbocycles. The number of para-hydroxylation sites is 1. The largest absolute Gasteiger partial charge is 0.480 e. The van der Waals surface area contributed by atoms with Crippen LogP contribution in [-0.4, -0.2) is 33.7 Å². The van der Waals surface area contributed by atoms with Gasteiger partial charge in [0, 0.05) is 10.2 Å². The summed E-state index contributed by atoms with van der Waals surface area (Å²) in [5, 5.41) is 9.29. The topological polar surface area (TPSA) is 66.8 Å². The first kappa shape index (κ1) is 20.5. The Kier molecular flexibility index (Phi) is 6.11. The maximum Gasteiger partial charge on any atom is 0.327 e. The average Bonchev–Trinajstić information content (AvgIpc) is 3.20. The van der Waals surface area contributed by atoms with E-state index in [1.54, 1.807) is 18.2 Å². The first-order valence-corrected chi connectivity index (χ1v) is 11.1. The second kappa shape index (κ2) is 8.93. The van der Waals surface area contributed by atoms with Crippen molar-refractivity contribution in [3.05, 3.63) is 94.5 Å². The summed E-state index contributed by atoms with van der Waals surface area (Å²) in [6, 6.07) is 23.0. The third kappa shape index (κ3) is 4.22. The fourth-order valence-electron chi connectivity index (χ4n) is 3.33. The van der Waals surface area contributed by atoms with Crippen LogP contribution in [0.2, 0.25) is 0 Å². The van der Waals surface area contributed by atoms with Crippen LogP contribution in [0, 0.1) is 0 Å². The molecule has 30 heavy (non-hydrogen) atoms. The molecule has 152 valence electrons. The van der Waals surface area contributed by atoms with E-state index in [9.17, 15) is 14.7 Å². The van der Waals surface area contributed by atoms with Crippen LogP contribution in [0.1, 0.15) is 21.3 Å². The quantitative estimate of drug-likeness (QED) is 0.512. The molecule has 0 aromatic heterocycles. The number of nitrogens with zero attached hydrogens (tertiary/aromatic N) is 1. The summed E-state index contributed by atoms with van der Waals surface area (Å²) in [5.41, 5.74) is 1.26. The lowest BCUT2D eigenvalue weighted by atomic mass is 10.1. The molecule has 0 bridgehead atoms. The lowest BCUT2D eigenvalue weighted by molar-refractivity contribution is -0.141. The van der Waals surface area contributed by atoms with Crippen molar-refractivity contribution < 1.29 is 19.4 Å². The van der Waals surface area contributed by atoms with Crippen molar-refractivity contribution in [3.63, 3.8) is 0 Å². The molecule has 2 unspecified atom stereocenters. The maximum atomic E-state index is 13.3. The summed E-state index contributed by atoms with van der Waals surface area (Å²) < 4.78 is 6.55. The Morgan fingerprint density at radius 3 is 2.40 bits per heavy atom. The number of aliphatic carboxylic acids is 1. The monoisotopic (exact) mass is 483 g/mol. The molecule has 3 aromatic carbocycles. The minimum absolute atomic E-state index is 0.319. The number of carboxylic acid groups (broad SMARTS) is 1. The highest BCUT2D eigenvalue weighted by Crippen LogP contribution is 2.43. The standard InChI is InChI=1S/C23H18BrNO4S/c24-19-12-5-4-11-18(19)21(26)25-20(23(27)28)14-30-22(25)15-7-6-10-17(13-15)29-16-8-2-1-3-9-16/h1-13,20,22H,14H2,(H,27,28). The van der Waals surface area contributed by atoms with E-state index < -0.39 is 17.4 Å². The molecule has 1 N–H and O–H groups in total. The summed E-state index contributed by atoms with van der Waals surface area (Å²) in [4.78, 5) is 26.7. The Hall–Kier alpha value is -2.77. The van der Waals surface area contributed by atoms with Gasteiger partial charge in [-0.1, -0.05) is 42.5 Å². The van der Waals surface area contributed by atoms with Crippen LogP contribution >= 0.6 is 27.7 Å². The zero-order valence-electron chi connectivity index (χ0n) is 15.8. The number of ether oxygens (including phenoxy) is 1. The van der Waals surface area contributed by atoms with Gasteiger partial charge in [-0.2, -0.15) is 0 Å². The molecule has 4 rings (SSSR count). The summed E-state index contributed by atoms with van der Waals surface area (Å²) in [6.07, 6.45) is 0. The highest BCUT2D eigenvalue weighted by molar-refractivity contribution is 9.10. The molecule has 0 radical (unpaired) electrons. The molecule has 5 nitrogen and oxygen atoms in total. The Balaban J connectivity index is 1.67. The molecule has 0 saturated carbocycles. The molecular formula is C23H18BrNO4S. The SMILES string of the molecule is O=C(O)C1CSC(c2cccc(Oc3ccccc3)c2)N1C(=O)c1ccccc1Br. The molecule has 1 fully saturated rings. The predicted molar refractivity (Wildman–Crippen MR) is 120 cm³/mol. The number of carbonyl (C=O) groups excluding carboxylic acids is 1. The Morgan fingerprint density at radius 1 is 0.967 bits per heavy atom. The number of rotatable bonds is 5. The number of thioether (sulfide) groups is 1. The molecule has 1 aliphatic rings. The van der Waals surface area contributed by atoms with Crippen LogP contribution in [0.5, 0.6) is 11.5 Å². The number of hydrogen-bond donors (Lipinski definition) is 1. The van der Waals surface area contributed by atoms with Crippen LogP contribution in [0.15, 0.2) is 83.3 Å². The van der Waals surface area contributed by atoms with Crippen molar-refractivity contribution in [2.45, 2.75) is 11.4 Å². The van der Waals surface area contributed by atoms with Crippen LogP contribution < -0.4 is 4.74 Å². The van der Waals surface area contributed by atoms with Gasteiger partial charge < -0.3 is 14.7 Å². The molecule has 7 heteroatoms. The normalized spacial score (nSPS) is 18.2. The molecule has 1 heterocycles. The van der Waals surface area contributed by atoms with Crippen LogP contribution in [0.4, 0.5) is 0 Å². The summed E-state index contributed by atoms with van der Waals surface area (Å²) in [7, 11) is 0. The molecule has 1 saturated heterocycles. The van der Waals surface area contributed by atoms with Gasteiger partial charge in [0.1, 0.15) is 22.9 Å². The molecule has 1 amide bonds. The number of carbonyl (C=O) groups is 2. The molecule has 0 spiro atoms. The molecule has 1 aliphatic heterocycles. The van der Waals surface area contributed by atoms with E-state index in [0.29, 0.717) is 27.3 Å². The maximum absolute atomic E-state index is 13.3. The minimum Gasteiger partial charge on any atom is -0.480 e. The van der Waals surface area contributed by atoms with Crippen molar-refractivity contribution in [1.82, 2.24) is 4.90 Å². The first-order valence-electron chi connectivity index (χ1n) is 9.29. The lowest BCUT2D eigenvalue weighted by Crippen LogP contribution is -2.43. The number of benzene rings is 3. The van der Waals surface area contributed by atoms with Crippen molar-refractivity contribution in [3.8, 4) is 11.5 Å². The van der Waals surface area contributed by atoms with Gasteiger partial charge in [-0.25, -0.2) is 4.79 Å². The van der Waals surface area contributed by atoms with Gasteiger partial charge in [-0.3, -0.25) is 4.79 Å². The van der Waals surface area contributed by atoms with Gasteiger partial charge in [0.15, 0.2) is 0 Å². The van der Waals surface area contributed by atoms with E-state index in [1.807, 2.05) is 60.7 Å². The predicted octanol–water partition coefficient (Wildman–Crippen LogP) is 5.58. The van der Waals surface area contributed by atoms with E-state index >= 15 is 0 Å². The van der Waals surface area contributed by atoms with Gasteiger partial charge in [0.05, 0.1) is 5.56 Å². The van der Waals surface area contributed by atoms with E-state index in [0.717, 1.165) is 5.56 Å². The zero-order chi connectivity index (χ0) is 21.1. The van der Waals surface area contributed by atoms with Gasteiger partial charge in [-0.15, -0.1) is 11.8 Å². The average molecular weight is 484 g/mol. The van der Waals surface area contributed by atoms with Crippen LogP contribution in [-0.2, 0) is 4.79 Å². The van der Waals surface area contributed by atoms with E-state index in [2.05, 4.69) is 15.9 Å². The Labute approximate surface area is 186 Å². The molecule has 3 aromatic rings. The number of carboxylic acids is 1. The highest BCUT2D eigenvalue weighted by Gasteiger charge is 2.43. The van der Waals surface area contributed by atoms with Crippen molar-refractivity contribution in [2.24, 2.45) is 0 Å². The van der Waals surface area contributed by atoms with E-state index in [1.165, 1.54) is 16.7 Å². The Bertz CT molecular complexity index is 1080. The third-order valence-corrected chi connectivity index (χ3v) is 6.76. The van der Waals surface area contributed by atoms with Crippen molar-refractivity contribution >= 4 is 39.6 Å². The summed E-state index contributed by atoms with van der Waals surface area (Å²) >= 11 is 4.84. The van der Waals surface area contributed by atoms with Gasteiger partial charge >= 0.3 is 5.97 Å². The Morgan fingerprint density at radius 2 is 1.67 bits per heavy atom. The fourth-order valence-corrected chi connectivity index (χ4v) is 5.20. The van der Waals surface area contributed by atoms with E-state index in [-0.39, 0.29) is 5.91 Å². The summed E-state index contributed by atoms with van der Waals surface area (Å²) in [6.45, 7) is 0. The fraction of sp³-hybridized carbons (Fsp3) is 0.130. The second-order valence-corrected chi connectivity index (χ2v) is 8.69. The zero-order valence-corrected chi connectivity index (χ0v) is 18.2. The number of amides is 1. The van der Waals surface area contributed by atoms with Gasteiger partial charge in [0.25, 0.3) is 5.91 Å². The number of hydrogen-bond acceptors (Lipinski definition) is 4. The smallest absolute Gasteiger partial charge is 0.327 e. The number of halogens is 1.